The van der Waals surface area contributed by atoms with Crippen molar-refractivity contribution in [2.45, 2.75) is 37.4 Å². The van der Waals surface area contributed by atoms with E-state index in [0.29, 0.717) is 25.2 Å². The second kappa shape index (κ2) is 9.32. The fraction of sp³-hybridized carbons (Fsp3) is 0.391. The molecule has 1 amide bonds. The van der Waals surface area contributed by atoms with Crippen LogP contribution in [0.25, 0.3) is 0 Å². The molecule has 2 aromatic carbocycles. The van der Waals surface area contributed by atoms with Gasteiger partial charge in [-0.1, -0.05) is 29.8 Å². The lowest BCUT2D eigenvalue weighted by atomic mass is 10.2. The van der Waals surface area contributed by atoms with E-state index >= 15 is 0 Å². The molecule has 0 bridgehead atoms. The first-order valence-corrected chi connectivity index (χ1v) is 12.5. The van der Waals surface area contributed by atoms with Crippen LogP contribution in [-0.2, 0) is 30.7 Å². The average molecular weight is 493 g/mol. The average Bonchev–Trinajstić information content (AvgIpc) is 3.22. The van der Waals surface area contributed by atoms with Gasteiger partial charge in [0.2, 0.25) is 0 Å². The van der Waals surface area contributed by atoms with E-state index in [9.17, 15) is 18.0 Å². The van der Waals surface area contributed by atoms with Crippen molar-refractivity contribution < 1.29 is 27.5 Å². The summed E-state index contributed by atoms with van der Waals surface area (Å²) in [5.41, 5.74) is 1.53. The highest BCUT2D eigenvalue weighted by atomic mass is 35.5. The molecule has 33 heavy (non-hydrogen) atoms. The molecule has 2 atom stereocenters. The summed E-state index contributed by atoms with van der Waals surface area (Å²) in [5.74, 6) is -1.13. The normalized spacial score (nSPS) is 20.5. The van der Waals surface area contributed by atoms with E-state index in [1.54, 1.807) is 17.0 Å². The van der Waals surface area contributed by atoms with Gasteiger partial charge in [0.05, 0.1) is 28.5 Å². The van der Waals surface area contributed by atoms with Crippen molar-refractivity contribution in [1.82, 2.24) is 4.90 Å². The summed E-state index contributed by atoms with van der Waals surface area (Å²) in [7, 11) is -3.99. The first kappa shape index (κ1) is 23.5. The van der Waals surface area contributed by atoms with Gasteiger partial charge in [-0.25, -0.2) is 13.2 Å². The van der Waals surface area contributed by atoms with Gasteiger partial charge in [0.1, 0.15) is 4.90 Å². The Morgan fingerprint density at radius 3 is 2.55 bits per heavy atom. The van der Waals surface area contributed by atoms with E-state index in [1.807, 2.05) is 26.0 Å². The number of sulfonamides is 1. The van der Waals surface area contributed by atoms with Crippen LogP contribution in [0.15, 0.2) is 47.4 Å². The maximum Gasteiger partial charge on any atom is 0.338 e. The number of rotatable bonds is 5. The zero-order valence-corrected chi connectivity index (χ0v) is 19.9. The summed E-state index contributed by atoms with van der Waals surface area (Å²) in [4.78, 5) is 26.5. The molecule has 0 spiro atoms. The Balaban J connectivity index is 1.49. The molecule has 2 unspecified atom stereocenters. The molecule has 2 aromatic rings. The van der Waals surface area contributed by atoms with Crippen LogP contribution in [0.2, 0.25) is 5.02 Å². The fourth-order valence-electron chi connectivity index (χ4n) is 4.19. The molecule has 0 radical (unpaired) electrons. The summed E-state index contributed by atoms with van der Waals surface area (Å²) in [6.07, 6.45) is 0.386. The Hall–Kier alpha value is -2.62. The molecule has 0 saturated carbocycles. The molecule has 1 saturated heterocycles. The Labute approximate surface area is 198 Å². The van der Waals surface area contributed by atoms with Crippen molar-refractivity contribution in [2.24, 2.45) is 0 Å². The number of nitrogens with zero attached hydrogens (tertiary/aromatic N) is 2. The number of amides is 1. The van der Waals surface area contributed by atoms with E-state index in [1.165, 1.54) is 22.5 Å². The summed E-state index contributed by atoms with van der Waals surface area (Å²) in [5, 5.41) is 0.00306. The summed E-state index contributed by atoms with van der Waals surface area (Å²) >= 11 is 6.22. The molecule has 176 valence electrons. The molecule has 10 heteroatoms. The van der Waals surface area contributed by atoms with Crippen LogP contribution >= 0.6 is 11.6 Å². The van der Waals surface area contributed by atoms with Crippen molar-refractivity contribution in [2.75, 3.05) is 30.5 Å². The minimum Gasteiger partial charge on any atom is -0.452 e. The standard InChI is InChI=1S/C23H25ClN2O6S/c1-15-12-25(13-16(2)32-15)22(27)14-31-23(28)18-7-8-19(24)21(11-18)33(29,30)26-10-9-17-5-3-4-6-20(17)26/h3-8,11,15-16H,9-10,12-14H2,1-2H3. The Kier molecular flexibility index (Phi) is 6.65. The predicted molar refractivity (Wildman–Crippen MR) is 123 cm³/mol. The van der Waals surface area contributed by atoms with Crippen molar-refractivity contribution in [3.63, 3.8) is 0 Å². The van der Waals surface area contributed by atoms with Crippen LogP contribution in [-0.4, -0.2) is 63.6 Å². The third kappa shape index (κ3) is 4.85. The van der Waals surface area contributed by atoms with Gasteiger partial charge in [0.25, 0.3) is 15.9 Å². The number of ether oxygens (including phenoxy) is 2. The zero-order valence-electron chi connectivity index (χ0n) is 18.4. The van der Waals surface area contributed by atoms with Gasteiger partial charge in [-0.2, -0.15) is 0 Å². The van der Waals surface area contributed by atoms with Crippen molar-refractivity contribution in [3.8, 4) is 0 Å². The molecule has 0 aliphatic carbocycles. The van der Waals surface area contributed by atoms with Crippen molar-refractivity contribution in [1.29, 1.82) is 0 Å². The molecule has 8 nitrogen and oxygen atoms in total. The molecule has 0 N–H and O–H groups in total. The molecule has 2 aliphatic rings. The Morgan fingerprint density at radius 2 is 1.82 bits per heavy atom. The van der Waals surface area contributed by atoms with Gasteiger partial charge in [0.15, 0.2) is 6.61 Å². The number of anilines is 1. The minimum absolute atomic E-state index is 0.00182. The van der Waals surface area contributed by atoms with Crippen LogP contribution < -0.4 is 4.31 Å². The van der Waals surface area contributed by atoms with E-state index < -0.39 is 22.6 Å². The molecule has 4 rings (SSSR count). The van der Waals surface area contributed by atoms with E-state index in [4.69, 9.17) is 21.1 Å². The lowest BCUT2D eigenvalue weighted by Gasteiger charge is -2.35. The van der Waals surface area contributed by atoms with Gasteiger partial charge in [-0.15, -0.1) is 0 Å². The van der Waals surface area contributed by atoms with Gasteiger partial charge < -0.3 is 14.4 Å². The first-order chi connectivity index (χ1) is 15.7. The maximum absolute atomic E-state index is 13.3. The smallest absolute Gasteiger partial charge is 0.338 e. The number of hydrogen-bond acceptors (Lipinski definition) is 6. The first-order valence-electron chi connectivity index (χ1n) is 10.7. The van der Waals surface area contributed by atoms with Gasteiger partial charge in [-0.05, 0) is 50.1 Å². The van der Waals surface area contributed by atoms with Crippen molar-refractivity contribution in [3.05, 3.63) is 58.6 Å². The monoisotopic (exact) mass is 492 g/mol. The van der Waals surface area contributed by atoms with E-state index in [0.717, 1.165) is 5.56 Å². The predicted octanol–water partition coefficient (Wildman–Crippen LogP) is 2.88. The number of para-hydroxylation sites is 1. The van der Waals surface area contributed by atoms with Crippen LogP contribution in [0, 0.1) is 0 Å². The van der Waals surface area contributed by atoms with Crippen LogP contribution in [0.1, 0.15) is 29.8 Å². The topological polar surface area (TPSA) is 93.2 Å². The Morgan fingerprint density at radius 1 is 1.12 bits per heavy atom. The molecule has 2 aliphatic heterocycles. The fourth-order valence-corrected chi connectivity index (χ4v) is 6.19. The molecule has 1 fully saturated rings. The second-order valence-corrected chi connectivity index (χ2v) is 10.5. The minimum atomic E-state index is -3.99. The third-order valence-electron chi connectivity index (χ3n) is 5.68. The number of carbonyl (C=O) groups excluding carboxylic acids is 2. The highest BCUT2D eigenvalue weighted by molar-refractivity contribution is 7.93. The van der Waals surface area contributed by atoms with E-state index in [2.05, 4.69) is 0 Å². The largest absolute Gasteiger partial charge is 0.452 e. The van der Waals surface area contributed by atoms with Gasteiger partial charge in [-0.3, -0.25) is 9.10 Å². The third-order valence-corrected chi connectivity index (χ3v) is 7.97. The maximum atomic E-state index is 13.3. The van der Waals surface area contributed by atoms with Gasteiger partial charge >= 0.3 is 5.97 Å². The quantitative estimate of drug-likeness (QED) is 0.596. The van der Waals surface area contributed by atoms with Crippen molar-refractivity contribution >= 4 is 39.2 Å². The number of benzene rings is 2. The SMILES string of the molecule is CC1CN(C(=O)COC(=O)c2ccc(Cl)c(S(=O)(=O)N3CCc4ccccc43)c2)CC(C)O1. The molecular formula is C23H25ClN2O6S. The highest BCUT2D eigenvalue weighted by Gasteiger charge is 2.33. The number of halogens is 1. The second-order valence-electron chi connectivity index (χ2n) is 8.23. The summed E-state index contributed by atoms with van der Waals surface area (Å²) in [6, 6.07) is 11.2. The van der Waals surface area contributed by atoms with Crippen LogP contribution in [0.3, 0.4) is 0 Å². The van der Waals surface area contributed by atoms with Crippen LogP contribution in [0.5, 0.6) is 0 Å². The highest BCUT2D eigenvalue weighted by Crippen LogP contribution is 2.35. The Bertz CT molecular complexity index is 1180. The lowest BCUT2D eigenvalue weighted by Crippen LogP contribution is -2.49. The number of fused-ring (bicyclic) bond motifs is 1. The number of carbonyl (C=O) groups is 2. The van der Waals surface area contributed by atoms with Crippen LogP contribution in [0.4, 0.5) is 5.69 Å². The number of hydrogen-bond donors (Lipinski definition) is 0. The molecule has 0 aromatic heterocycles. The molecular weight excluding hydrogens is 468 g/mol. The summed E-state index contributed by atoms with van der Waals surface area (Å²) < 4.78 is 38.8. The van der Waals surface area contributed by atoms with Gasteiger partial charge in [0, 0.05) is 19.6 Å². The lowest BCUT2D eigenvalue weighted by molar-refractivity contribution is -0.146. The number of esters is 1. The summed E-state index contributed by atoms with van der Waals surface area (Å²) in [6.45, 7) is 4.43. The number of morpholine rings is 1. The molecule has 2 heterocycles. The zero-order chi connectivity index (χ0) is 23.8. The van der Waals surface area contributed by atoms with E-state index in [-0.39, 0.29) is 40.1 Å².